The van der Waals surface area contributed by atoms with Crippen molar-refractivity contribution in [1.29, 1.82) is 0 Å². The summed E-state index contributed by atoms with van der Waals surface area (Å²) in [4.78, 5) is 0. The second-order valence-electron chi connectivity index (χ2n) is 5.03. The van der Waals surface area contributed by atoms with Crippen molar-refractivity contribution in [2.24, 2.45) is 0 Å². The minimum Gasteiger partial charge on any atom is -0.457 e. The van der Waals surface area contributed by atoms with Crippen LogP contribution in [0.3, 0.4) is 0 Å². The van der Waals surface area contributed by atoms with Gasteiger partial charge in [-0.25, -0.2) is 4.39 Å². The molecule has 2 aromatic rings. The van der Waals surface area contributed by atoms with E-state index in [-0.39, 0.29) is 0 Å². The highest BCUT2D eigenvalue weighted by atomic mass is 35.5. The fourth-order valence-corrected chi connectivity index (χ4v) is 2.93. The van der Waals surface area contributed by atoms with E-state index in [0.717, 1.165) is 23.1 Å². The molecule has 1 aliphatic carbocycles. The van der Waals surface area contributed by atoms with Crippen LogP contribution in [0.4, 0.5) is 4.39 Å². The standard InChI is InChI=1S/C16H14ClFO2/c1-9-2-5-15(13-3-4-14(19)16(9)13)20-12-7-10(17)6-11(18)8-12/h2,5-8,14,19H,3-4H2,1H3. The molecule has 2 nitrogen and oxygen atoms in total. The van der Waals surface area contributed by atoms with Crippen molar-refractivity contribution >= 4 is 11.6 Å². The van der Waals surface area contributed by atoms with Crippen molar-refractivity contribution in [1.82, 2.24) is 0 Å². The number of hydrogen-bond acceptors (Lipinski definition) is 2. The van der Waals surface area contributed by atoms with Gasteiger partial charge in [0.05, 0.1) is 6.10 Å². The van der Waals surface area contributed by atoms with E-state index in [1.165, 1.54) is 12.1 Å². The van der Waals surface area contributed by atoms with Crippen molar-refractivity contribution < 1.29 is 14.2 Å². The van der Waals surface area contributed by atoms with Crippen LogP contribution in [0.5, 0.6) is 11.5 Å². The zero-order valence-corrected chi connectivity index (χ0v) is 11.7. The van der Waals surface area contributed by atoms with Crippen LogP contribution in [-0.2, 0) is 6.42 Å². The van der Waals surface area contributed by atoms with E-state index in [1.54, 1.807) is 6.07 Å². The molecule has 1 unspecified atom stereocenters. The van der Waals surface area contributed by atoms with Gasteiger partial charge in [-0.05, 0) is 49.1 Å². The van der Waals surface area contributed by atoms with Gasteiger partial charge in [0.1, 0.15) is 17.3 Å². The molecule has 2 aromatic carbocycles. The summed E-state index contributed by atoms with van der Waals surface area (Å²) < 4.78 is 19.1. The van der Waals surface area contributed by atoms with E-state index in [9.17, 15) is 9.50 Å². The topological polar surface area (TPSA) is 29.5 Å². The summed E-state index contributed by atoms with van der Waals surface area (Å²) in [5.74, 6) is 0.586. The number of aliphatic hydroxyl groups excluding tert-OH is 1. The number of ether oxygens (including phenoxy) is 1. The van der Waals surface area contributed by atoms with Crippen molar-refractivity contribution in [2.45, 2.75) is 25.9 Å². The largest absolute Gasteiger partial charge is 0.457 e. The molecule has 0 spiro atoms. The maximum Gasteiger partial charge on any atom is 0.131 e. The lowest BCUT2D eigenvalue weighted by Gasteiger charge is -2.13. The van der Waals surface area contributed by atoms with E-state index in [0.29, 0.717) is 22.9 Å². The molecule has 0 aliphatic heterocycles. The van der Waals surface area contributed by atoms with E-state index < -0.39 is 11.9 Å². The third kappa shape index (κ3) is 2.39. The van der Waals surface area contributed by atoms with Gasteiger partial charge in [0.2, 0.25) is 0 Å². The molecule has 104 valence electrons. The molecule has 0 aromatic heterocycles. The average molecular weight is 293 g/mol. The second kappa shape index (κ2) is 5.08. The third-order valence-electron chi connectivity index (χ3n) is 3.60. The maximum atomic E-state index is 13.3. The minimum absolute atomic E-state index is 0.295. The Morgan fingerprint density at radius 3 is 2.85 bits per heavy atom. The lowest BCUT2D eigenvalue weighted by atomic mass is 10.0. The van der Waals surface area contributed by atoms with Crippen LogP contribution in [0.2, 0.25) is 5.02 Å². The molecule has 20 heavy (non-hydrogen) atoms. The molecule has 0 fully saturated rings. The number of rotatable bonds is 2. The Bertz CT molecular complexity index is 650. The maximum absolute atomic E-state index is 13.3. The van der Waals surface area contributed by atoms with Gasteiger partial charge in [-0.15, -0.1) is 0 Å². The molecule has 0 radical (unpaired) electrons. The summed E-state index contributed by atoms with van der Waals surface area (Å²) in [6.07, 6.45) is 1.02. The molecule has 3 rings (SSSR count). The fourth-order valence-electron chi connectivity index (χ4n) is 2.72. The van der Waals surface area contributed by atoms with Crippen LogP contribution < -0.4 is 4.74 Å². The first-order valence-corrected chi connectivity index (χ1v) is 6.87. The number of aryl methyl sites for hydroxylation is 1. The Morgan fingerprint density at radius 2 is 2.10 bits per heavy atom. The van der Waals surface area contributed by atoms with E-state index in [1.807, 2.05) is 19.1 Å². The third-order valence-corrected chi connectivity index (χ3v) is 3.82. The van der Waals surface area contributed by atoms with Crippen molar-refractivity contribution in [3.8, 4) is 11.5 Å². The molecule has 1 atom stereocenters. The molecule has 1 aliphatic rings. The molecule has 0 saturated heterocycles. The molecule has 1 N–H and O–H groups in total. The zero-order chi connectivity index (χ0) is 14.3. The molecular weight excluding hydrogens is 279 g/mol. The smallest absolute Gasteiger partial charge is 0.131 e. The SMILES string of the molecule is Cc1ccc(Oc2cc(F)cc(Cl)c2)c2c1C(O)CC2. The van der Waals surface area contributed by atoms with Crippen LogP contribution in [0.1, 0.15) is 29.2 Å². The average Bonchev–Trinajstić information content (AvgIpc) is 2.75. The van der Waals surface area contributed by atoms with Gasteiger partial charge >= 0.3 is 0 Å². The van der Waals surface area contributed by atoms with Gasteiger partial charge in [-0.1, -0.05) is 17.7 Å². The number of aliphatic hydroxyl groups is 1. The lowest BCUT2D eigenvalue weighted by molar-refractivity contribution is 0.179. The van der Waals surface area contributed by atoms with Crippen LogP contribution in [0.15, 0.2) is 30.3 Å². The molecule has 4 heteroatoms. The Morgan fingerprint density at radius 1 is 1.30 bits per heavy atom. The fraction of sp³-hybridized carbons (Fsp3) is 0.250. The van der Waals surface area contributed by atoms with Crippen LogP contribution >= 0.6 is 11.6 Å². The summed E-state index contributed by atoms with van der Waals surface area (Å²) in [5.41, 5.74) is 2.98. The molecular formula is C16H14ClFO2. The zero-order valence-electron chi connectivity index (χ0n) is 11.0. The van der Waals surface area contributed by atoms with Crippen molar-refractivity contribution in [2.75, 3.05) is 0 Å². The van der Waals surface area contributed by atoms with E-state index >= 15 is 0 Å². The Hall–Kier alpha value is -1.58. The summed E-state index contributed by atoms with van der Waals surface area (Å²) in [7, 11) is 0. The summed E-state index contributed by atoms with van der Waals surface area (Å²) in [5, 5.41) is 10.3. The Kier molecular flexibility index (Phi) is 3.40. The summed E-state index contributed by atoms with van der Waals surface area (Å²) >= 11 is 5.82. The van der Waals surface area contributed by atoms with Gasteiger partial charge in [0.15, 0.2) is 0 Å². The highest BCUT2D eigenvalue weighted by Crippen LogP contribution is 2.40. The molecule has 0 amide bonds. The molecule has 0 bridgehead atoms. The van der Waals surface area contributed by atoms with E-state index in [2.05, 4.69) is 0 Å². The van der Waals surface area contributed by atoms with Crippen molar-refractivity contribution in [3.05, 3.63) is 57.9 Å². The predicted octanol–water partition coefficient (Wildman–Crippen LogP) is 4.56. The molecule has 0 heterocycles. The van der Waals surface area contributed by atoms with Crippen LogP contribution in [0.25, 0.3) is 0 Å². The Balaban J connectivity index is 2.00. The monoisotopic (exact) mass is 292 g/mol. The number of fused-ring (bicyclic) bond motifs is 1. The molecule has 0 saturated carbocycles. The van der Waals surface area contributed by atoms with Crippen LogP contribution in [-0.4, -0.2) is 5.11 Å². The first-order valence-electron chi connectivity index (χ1n) is 6.49. The number of benzene rings is 2. The quantitative estimate of drug-likeness (QED) is 0.879. The normalized spacial score (nSPS) is 17.1. The first-order chi connectivity index (χ1) is 9.54. The van der Waals surface area contributed by atoms with Gasteiger partial charge in [0.25, 0.3) is 0 Å². The summed E-state index contributed by atoms with van der Waals surface area (Å²) in [6, 6.07) is 7.86. The van der Waals surface area contributed by atoms with E-state index in [4.69, 9.17) is 16.3 Å². The minimum atomic E-state index is -0.440. The van der Waals surface area contributed by atoms with Gasteiger partial charge in [0, 0.05) is 16.7 Å². The highest BCUT2D eigenvalue weighted by molar-refractivity contribution is 6.30. The number of hydrogen-bond donors (Lipinski definition) is 1. The van der Waals surface area contributed by atoms with Crippen LogP contribution in [0, 0.1) is 12.7 Å². The van der Waals surface area contributed by atoms with Gasteiger partial charge < -0.3 is 9.84 Å². The van der Waals surface area contributed by atoms with Crippen molar-refractivity contribution in [3.63, 3.8) is 0 Å². The predicted molar refractivity (Wildman–Crippen MR) is 75.9 cm³/mol. The number of halogens is 2. The Labute approximate surface area is 121 Å². The first kappa shape index (κ1) is 13.4. The van der Waals surface area contributed by atoms with Gasteiger partial charge in [-0.3, -0.25) is 0 Å². The lowest BCUT2D eigenvalue weighted by Crippen LogP contribution is -1.97. The second-order valence-corrected chi connectivity index (χ2v) is 5.47. The summed E-state index contributed by atoms with van der Waals surface area (Å²) in [6.45, 7) is 1.97. The highest BCUT2D eigenvalue weighted by Gasteiger charge is 2.25. The van der Waals surface area contributed by atoms with Gasteiger partial charge in [-0.2, -0.15) is 0 Å².